The summed E-state index contributed by atoms with van der Waals surface area (Å²) in [6, 6.07) is 10.1. The number of hydrogen-bond donors (Lipinski definition) is 0. The summed E-state index contributed by atoms with van der Waals surface area (Å²) in [7, 11) is 0. The van der Waals surface area contributed by atoms with Gasteiger partial charge in [0.1, 0.15) is 6.10 Å². The van der Waals surface area contributed by atoms with Crippen LogP contribution in [0.3, 0.4) is 0 Å². The second kappa shape index (κ2) is 5.82. The summed E-state index contributed by atoms with van der Waals surface area (Å²) in [5.74, 6) is 0.0379. The number of cyclic esters (lactones) is 1. The van der Waals surface area contributed by atoms with Gasteiger partial charge in [-0.1, -0.05) is 37.3 Å². The molecule has 0 aliphatic carbocycles. The van der Waals surface area contributed by atoms with Crippen LogP contribution in [0.1, 0.15) is 25.3 Å². The molecule has 0 aromatic heterocycles. The summed E-state index contributed by atoms with van der Waals surface area (Å²) >= 11 is 0. The van der Waals surface area contributed by atoms with E-state index in [0.717, 1.165) is 12.8 Å². The van der Waals surface area contributed by atoms with Crippen LogP contribution in [0.5, 0.6) is 0 Å². The van der Waals surface area contributed by atoms with Gasteiger partial charge in [0.05, 0.1) is 19.1 Å². The van der Waals surface area contributed by atoms with Crippen LogP contribution in [0, 0.1) is 5.92 Å². The summed E-state index contributed by atoms with van der Waals surface area (Å²) in [4.78, 5) is 11.1. The van der Waals surface area contributed by atoms with Crippen molar-refractivity contribution in [3.63, 3.8) is 0 Å². The van der Waals surface area contributed by atoms with Crippen LogP contribution in [0.4, 0.5) is 0 Å². The van der Waals surface area contributed by atoms with Gasteiger partial charge < -0.3 is 9.47 Å². The lowest BCUT2D eigenvalue weighted by Crippen LogP contribution is -2.45. The number of carbonyl (C=O) groups is 1. The molecule has 2 rings (SSSR count). The normalized spacial score (nSPS) is 23.0. The van der Waals surface area contributed by atoms with E-state index in [0.29, 0.717) is 13.2 Å². The number of rotatable bonds is 6. The lowest BCUT2D eigenvalue weighted by atomic mass is 9.92. The van der Waals surface area contributed by atoms with Gasteiger partial charge in [0.15, 0.2) is 0 Å². The van der Waals surface area contributed by atoms with Crippen molar-refractivity contribution in [1.29, 1.82) is 0 Å². The number of ether oxygens (including phenoxy) is 2. The molecule has 0 bridgehead atoms. The summed E-state index contributed by atoms with van der Waals surface area (Å²) in [6.07, 6.45) is 1.74. The largest absolute Gasteiger partial charge is 0.461 e. The highest BCUT2D eigenvalue weighted by atomic mass is 16.6. The molecule has 1 saturated heterocycles. The van der Waals surface area contributed by atoms with Crippen molar-refractivity contribution in [2.75, 3.05) is 6.61 Å². The molecule has 3 nitrogen and oxygen atoms in total. The predicted molar refractivity (Wildman–Crippen MR) is 64.4 cm³/mol. The molecule has 0 radical (unpaired) electrons. The van der Waals surface area contributed by atoms with E-state index in [9.17, 15) is 4.79 Å². The van der Waals surface area contributed by atoms with Gasteiger partial charge in [0.25, 0.3) is 0 Å². The van der Waals surface area contributed by atoms with Crippen molar-refractivity contribution in [2.24, 2.45) is 5.92 Å². The van der Waals surface area contributed by atoms with Gasteiger partial charge in [0, 0.05) is 6.42 Å². The van der Waals surface area contributed by atoms with Crippen molar-refractivity contribution in [3.8, 4) is 0 Å². The zero-order valence-electron chi connectivity index (χ0n) is 10.1. The molecular weight excluding hydrogens is 216 g/mol. The Kier molecular flexibility index (Phi) is 4.15. The van der Waals surface area contributed by atoms with Crippen LogP contribution in [0.15, 0.2) is 30.3 Å². The number of hydrogen-bond acceptors (Lipinski definition) is 3. The SMILES string of the molecule is CC[C@H]1C(=O)O[C@H]1CCOCc1ccccc1. The van der Waals surface area contributed by atoms with Gasteiger partial charge in [-0.2, -0.15) is 0 Å². The maximum absolute atomic E-state index is 11.1. The second-order valence-electron chi connectivity index (χ2n) is 4.32. The Hall–Kier alpha value is -1.35. The number of benzene rings is 1. The van der Waals surface area contributed by atoms with Crippen LogP contribution in [0.2, 0.25) is 0 Å². The van der Waals surface area contributed by atoms with E-state index >= 15 is 0 Å². The summed E-state index contributed by atoms with van der Waals surface area (Å²) in [6.45, 7) is 3.28. The molecule has 1 aliphatic heterocycles. The van der Waals surface area contributed by atoms with Crippen molar-refractivity contribution in [3.05, 3.63) is 35.9 Å². The topological polar surface area (TPSA) is 35.5 Å². The first kappa shape index (κ1) is 12.1. The van der Waals surface area contributed by atoms with Crippen LogP contribution in [0.25, 0.3) is 0 Å². The van der Waals surface area contributed by atoms with E-state index in [1.807, 2.05) is 37.3 Å². The van der Waals surface area contributed by atoms with E-state index in [1.165, 1.54) is 5.56 Å². The zero-order chi connectivity index (χ0) is 12.1. The van der Waals surface area contributed by atoms with E-state index in [-0.39, 0.29) is 18.0 Å². The van der Waals surface area contributed by atoms with Crippen LogP contribution < -0.4 is 0 Å². The standard InChI is InChI=1S/C14H18O3/c1-2-12-13(17-14(12)15)8-9-16-10-11-6-4-3-5-7-11/h3-7,12-13H,2,8-10H2,1H3/t12-,13+/m1/s1. The average molecular weight is 234 g/mol. The number of esters is 1. The van der Waals surface area contributed by atoms with E-state index in [4.69, 9.17) is 9.47 Å². The molecule has 17 heavy (non-hydrogen) atoms. The molecule has 92 valence electrons. The highest BCUT2D eigenvalue weighted by Crippen LogP contribution is 2.27. The lowest BCUT2D eigenvalue weighted by Gasteiger charge is -2.34. The minimum Gasteiger partial charge on any atom is -0.461 e. The first-order valence-corrected chi connectivity index (χ1v) is 6.13. The van der Waals surface area contributed by atoms with Gasteiger partial charge in [-0.25, -0.2) is 0 Å². The van der Waals surface area contributed by atoms with Gasteiger partial charge in [-0.05, 0) is 12.0 Å². The fraction of sp³-hybridized carbons (Fsp3) is 0.500. The molecule has 1 aromatic carbocycles. The maximum Gasteiger partial charge on any atom is 0.313 e. The van der Waals surface area contributed by atoms with E-state index in [2.05, 4.69) is 0 Å². The molecule has 0 unspecified atom stereocenters. The summed E-state index contributed by atoms with van der Waals surface area (Å²) in [5, 5.41) is 0. The Morgan fingerprint density at radius 1 is 1.29 bits per heavy atom. The van der Waals surface area contributed by atoms with Gasteiger partial charge >= 0.3 is 5.97 Å². The van der Waals surface area contributed by atoms with Gasteiger partial charge in [-0.3, -0.25) is 4.79 Å². The van der Waals surface area contributed by atoms with E-state index < -0.39 is 0 Å². The predicted octanol–water partition coefficient (Wildman–Crippen LogP) is 2.54. The Labute approximate surface area is 102 Å². The molecule has 0 amide bonds. The molecule has 0 N–H and O–H groups in total. The molecule has 1 aromatic rings. The fourth-order valence-corrected chi connectivity index (χ4v) is 2.05. The molecule has 1 heterocycles. The van der Waals surface area contributed by atoms with Gasteiger partial charge in [-0.15, -0.1) is 0 Å². The fourth-order valence-electron chi connectivity index (χ4n) is 2.05. The molecule has 1 aliphatic rings. The molecule has 3 heteroatoms. The van der Waals surface area contributed by atoms with Crippen LogP contribution in [-0.2, 0) is 20.9 Å². The smallest absolute Gasteiger partial charge is 0.313 e. The van der Waals surface area contributed by atoms with Crippen molar-refractivity contribution in [1.82, 2.24) is 0 Å². The number of carbonyl (C=O) groups excluding carboxylic acids is 1. The van der Waals surface area contributed by atoms with Gasteiger partial charge in [0.2, 0.25) is 0 Å². The zero-order valence-corrected chi connectivity index (χ0v) is 10.1. The Balaban J connectivity index is 1.63. The van der Waals surface area contributed by atoms with Crippen molar-refractivity contribution < 1.29 is 14.3 Å². The lowest BCUT2D eigenvalue weighted by molar-refractivity contribution is -0.186. The Bertz CT molecular complexity index is 361. The Morgan fingerprint density at radius 3 is 2.71 bits per heavy atom. The summed E-state index contributed by atoms with van der Waals surface area (Å²) in [5.41, 5.74) is 1.17. The second-order valence-corrected chi connectivity index (χ2v) is 4.32. The quantitative estimate of drug-likeness (QED) is 0.560. The minimum absolute atomic E-state index is 0.0550. The van der Waals surface area contributed by atoms with Crippen LogP contribution >= 0.6 is 0 Å². The molecule has 2 atom stereocenters. The summed E-state index contributed by atoms with van der Waals surface area (Å²) < 4.78 is 10.6. The molecular formula is C14H18O3. The van der Waals surface area contributed by atoms with Crippen molar-refractivity contribution >= 4 is 5.97 Å². The molecule has 0 saturated carbocycles. The van der Waals surface area contributed by atoms with Crippen molar-refractivity contribution in [2.45, 2.75) is 32.5 Å². The monoisotopic (exact) mass is 234 g/mol. The molecule has 1 fully saturated rings. The minimum atomic E-state index is -0.0550. The third-order valence-corrected chi connectivity index (χ3v) is 3.12. The third-order valence-electron chi connectivity index (χ3n) is 3.12. The maximum atomic E-state index is 11.1. The highest BCUT2D eigenvalue weighted by Gasteiger charge is 2.40. The first-order chi connectivity index (χ1) is 8.31. The van der Waals surface area contributed by atoms with Crippen LogP contribution in [-0.4, -0.2) is 18.7 Å². The Morgan fingerprint density at radius 2 is 2.06 bits per heavy atom. The van der Waals surface area contributed by atoms with E-state index in [1.54, 1.807) is 0 Å². The average Bonchev–Trinajstić information content (AvgIpc) is 2.34. The third kappa shape index (κ3) is 3.07. The molecule has 0 spiro atoms. The highest BCUT2D eigenvalue weighted by molar-refractivity contribution is 5.78. The first-order valence-electron chi connectivity index (χ1n) is 6.13.